The summed E-state index contributed by atoms with van der Waals surface area (Å²) in [7, 11) is -10.4. The Kier molecular flexibility index (Phi) is 26.7. The molecular formula is C89H76Br5IN20O9S3Si2+2. The second-order valence-electron chi connectivity index (χ2n) is 31.5. The molecule has 0 aliphatic carbocycles. The average Bonchev–Trinajstić information content (AvgIpc) is 1.61. The van der Waals surface area contributed by atoms with Gasteiger partial charge in [0.1, 0.15) is 56.2 Å². The Hall–Kier alpha value is -11.5. The first-order valence-electron chi connectivity index (χ1n) is 39.4. The number of benzene rings is 3. The summed E-state index contributed by atoms with van der Waals surface area (Å²) < 4.78 is 102. The SMILES string of the molecule is Brc1cnc2[nH]cc(-c3ccoc3)c2c1.Brc1cnc2[nH]cc(-c3cnco3)c2c1.CN(C)c1ccc(-c2cnc3c(c2)c(I)cn3S(=O)(=O)c2ccccc2)cn1.C[Si](C)(C)c1[nH]c2ncc(Br)cc2c1-c1cnco1.C[Si](C)(C)c1[nH]c2ncc(Br)cc2c1C1=CN=[N+](S(=O)(=O)c2ccccc2)C1.O=S(=O)(c1ccccc1)[N+]1=NC=C(c2c[nH]c3ncc(Br)cc23)C1. The maximum absolute atomic E-state index is 13.0. The average molecular weight is 2250 g/mol. The third-order valence-corrected chi connectivity index (χ3v) is 32.2. The number of pyridine rings is 7. The molecule has 0 saturated heterocycles. The number of sulfonamides is 2. The number of nitrogens with zero attached hydrogens (tertiary/aromatic N) is 15. The van der Waals surface area contributed by atoms with Gasteiger partial charge >= 0.3 is 20.0 Å². The summed E-state index contributed by atoms with van der Waals surface area (Å²) in [4.78, 5) is 57.5. The standard InChI is InChI=1S/C20H17IN4O2S.C19H19BrN4O2SSi.C16H11BrN4O2S.C13H14BrN3OSi.C11H7BrN2O.C10H6BrN3O/c1-24(2)19-9-8-14(11-22-19)15-10-17-18(21)13-25(20(17)23-12-15)28(26,27)16-6-4-3-5-7-16;1-28(2,3)19-17(16-9-14(20)11-21-18(16)23-19)13-10-22-24(12-13)27(25,26)15-7-5-4-6-8-15;17-12-6-14-15(9-19-16(14)18-8-12)11-7-20-21(10-11)24(22,23)13-4-2-1-3-5-13;1-19(2,3)13-11(10-6-15-7-18-10)9-4-8(14)5-16-12(9)17-13;12-8-3-9-10(7-1-2-15-6-7)5-14-11(9)13-4-8;11-6-1-7-8(9-4-12-5-15-9)3-14-10(7)13-2-6/h3-13H,1-2H3;4-11H,12H2,1-3H3;1-9H,10H2;4-7H,1-3H3,(H,16,17);1-6H,(H,13,14);1-5H,(H,13,14)/p+2. The summed E-state index contributed by atoms with van der Waals surface area (Å²) in [5.74, 6) is 2.40. The van der Waals surface area contributed by atoms with Crippen LogP contribution >= 0.6 is 102 Å². The van der Waals surface area contributed by atoms with Crippen LogP contribution in [0.1, 0.15) is 11.1 Å². The van der Waals surface area contributed by atoms with Crippen molar-refractivity contribution < 1.29 is 46.7 Å². The number of H-pyrrole nitrogens is 5. The molecule has 2 aliphatic rings. The van der Waals surface area contributed by atoms with E-state index in [9.17, 15) is 25.3 Å². The highest BCUT2D eigenvalue weighted by Gasteiger charge is 2.39. The van der Waals surface area contributed by atoms with Crippen molar-refractivity contribution in [3.8, 4) is 44.9 Å². The van der Waals surface area contributed by atoms with Crippen LogP contribution in [0.15, 0.2) is 324 Å². The molecule has 0 fully saturated rings. The Morgan fingerprint density at radius 2 is 0.884 bits per heavy atom. The maximum atomic E-state index is 13.0. The highest BCUT2D eigenvalue weighted by molar-refractivity contribution is 14.1. The van der Waals surface area contributed by atoms with Crippen molar-refractivity contribution in [1.82, 2.24) is 73.7 Å². The van der Waals surface area contributed by atoms with Gasteiger partial charge in [0.2, 0.25) is 13.1 Å². The minimum Gasteiger partial charge on any atom is -0.472 e. The first kappa shape index (κ1) is 90.9. The molecule has 2 aliphatic heterocycles. The third kappa shape index (κ3) is 19.7. The molecule has 29 nitrogen and oxygen atoms in total. The van der Waals surface area contributed by atoms with Crippen LogP contribution in [0.2, 0.25) is 39.3 Å². The molecule has 652 valence electrons. The molecule has 5 N–H and O–H groups in total. The number of aromatic nitrogens is 15. The molecule has 40 heteroatoms. The van der Waals surface area contributed by atoms with Crippen molar-refractivity contribution in [2.75, 3.05) is 32.1 Å². The lowest BCUT2D eigenvalue weighted by Gasteiger charge is -2.16. The van der Waals surface area contributed by atoms with E-state index in [2.05, 4.69) is 228 Å². The van der Waals surface area contributed by atoms with E-state index in [1.807, 2.05) is 86.1 Å². The number of anilines is 1. The molecule has 0 bridgehead atoms. The minimum absolute atomic E-state index is 0.191. The molecule has 0 atom stereocenters. The van der Waals surface area contributed by atoms with Gasteiger partial charge in [-0.2, -0.15) is 16.8 Å². The van der Waals surface area contributed by atoms with E-state index in [-0.39, 0.29) is 27.8 Å². The zero-order valence-corrected chi connectivity index (χ0v) is 84.2. The molecule has 0 saturated carbocycles. The molecule has 21 rings (SSSR count). The van der Waals surface area contributed by atoms with Gasteiger partial charge in [0.05, 0.1) is 57.1 Å². The lowest BCUT2D eigenvalue weighted by atomic mass is 10.1. The number of oxazole rings is 2. The maximum Gasteiger partial charge on any atom is 0.418 e. The van der Waals surface area contributed by atoms with Crippen LogP contribution in [0.5, 0.6) is 0 Å². The van der Waals surface area contributed by atoms with Gasteiger partial charge in [0.15, 0.2) is 30.0 Å². The Morgan fingerprint density at radius 3 is 1.36 bits per heavy atom. The molecule has 19 aromatic rings. The third-order valence-electron chi connectivity index (χ3n) is 20.4. The van der Waals surface area contributed by atoms with E-state index < -0.39 is 46.2 Å². The number of hydrogen-bond acceptors (Lipinski definition) is 21. The normalized spacial score (nSPS) is 12.9. The number of azo groups is 2. The molecule has 0 amide bonds. The summed E-state index contributed by atoms with van der Waals surface area (Å²) in [6.07, 6.45) is 32.5. The van der Waals surface area contributed by atoms with Gasteiger partial charge in [-0.15, -0.1) is 0 Å². The second-order valence-corrected chi connectivity index (χ2v) is 52.7. The van der Waals surface area contributed by atoms with Gasteiger partial charge in [0.25, 0.3) is 10.0 Å². The fourth-order valence-corrected chi connectivity index (χ4v) is 23.6. The first-order valence-corrected chi connectivity index (χ1v) is 55.7. The van der Waals surface area contributed by atoms with Gasteiger partial charge in [-0.1, -0.05) is 93.9 Å². The molecule has 129 heavy (non-hydrogen) atoms. The monoisotopic (exact) mass is 2240 g/mol. The Balaban J connectivity index is 0.000000115. The highest BCUT2D eigenvalue weighted by atomic mass is 127. The van der Waals surface area contributed by atoms with Crippen LogP contribution in [0.4, 0.5) is 5.82 Å². The molecule has 18 heterocycles. The Bertz CT molecular complexity index is 7770. The summed E-state index contributed by atoms with van der Waals surface area (Å²) in [6, 6.07) is 42.9. The van der Waals surface area contributed by atoms with Gasteiger partial charge in [-0.05, 0) is 193 Å². The molecule has 16 aromatic heterocycles. The lowest BCUT2D eigenvalue weighted by Crippen LogP contribution is -2.41. The largest absolute Gasteiger partial charge is 0.472 e. The number of rotatable bonds is 15. The van der Waals surface area contributed by atoms with E-state index >= 15 is 0 Å². The molecule has 0 radical (unpaired) electrons. The molecule has 0 unspecified atom stereocenters. The summed E-state index contributed by atoms with van der Waals surface area (Å²) >= 11 is 19.3. The van der Waals surface area contributed by atoms with Crippen LogP contribution in [0, 0.1) is 3.57 Å². The predicted octanol–water partition coefficient (Wildman–Crippen LogP) is 21.7. The van der Waals surface area contributed by atoms with E-state index in [1.165, 1.54) is 22.1 Å². The number of aromatic amines is 5. The lowest BCUT2D eigenvalue weighted by molar-refractivity contribution is -0.417. The van der Waals surface area contributed by atoms with Crippen molar-refractivity contribution in [2.24, 2.45) is 10.2 Å². The summed E-state index contributed by atoms with van der Waals surface area (Å²) in [5.41, 5.74) is 14.2. The Morgan fingerprint density at radius 1 is 0.442 bits per heavy atom. The fourth-order valence-electron chi connectivity index (χ4n) is 14.2. The zero-order valence-electron chi connectivity index (χ0n) is 69.6. The topological polar surface area (TPSA) is 376 Å². The number of fused-ring (bicyclic) bond motifs is 6. The van der Waals surface area contributed by atoms with Crippen LogP contribution in [-0.2, 0) is 30.1 Å². The van der Waals surface area contributed by atoms with E-state index in [1.54, 1.807) is 178 Å². The quantitative estimate of drug-likeness (QED) is 0.0361. The van der Waals surface area contributed by atoms with Crippen LogP contribution < -0.4 is 15.5 Å². The zero-order chi connectivity index (χ0) is 90.8. The van der Waals surface area contributed by atoms with Crippen LogP contribution in [0.25, 0.3) is 122 Å². The van der Waals surface area contributed by atoms with Crippen molar-refractivity contribution in [1.29, 1.82) is 0 Å². The minimum atomic E-state index is -3.71. The van der Waals surface area contributed by atoms with Crippen LogP contribution in [-0.4, -0.2) is 151 Å². The van der Waals surface area contributed by atoms with E-state index in [0.29, 0.717) is 5.65 Å². The fraction of sp³-hybridized carbons (Fsp3) is 0.112. The first-order chi connectivity index (χ1) is 61.8. The van der Waals surface area contributed by atoms with Gasteiger partial charge < -0.3 is 43.1 Å². The van der Waals surface area contributed by atoms with Crippen molar-refractivity contribution >= 4 is 242 Å². The predicted molar refractivity (Wildman–Crippen MR) is 531 cm³/mol. The van der Waals surface area contributed by atoms with Crippen molar-refractivity contribution in [2.45, 2.75) is 54.0 Å². The number of hydrogen-bond donors (Lipinski definition) is 5. The summed E-state index contributed by atoms with van der Waals surface area (Å²) in [5, 5.41) is 16.6. The highest BCUT2D eigenvalue weighted by Crippen LogP contribution is 2.38. The van der Waals surface area contributed by atoms with Crippen molar-refractivity contribution in [3.05, 3.63) is 301 Å². The number of halogens is 6. The van der Waals surface area contributed by atoms with Crippen molar-refractivity contribution in [3.63, 3.8) is 0 Å². The Labute approximate surface area is 796 Å². The summed E-state index contributed by atoms with van der Waals surface area (Å²) in [6.45, 7) is 14.0. The molecular weight excluding hydrogens is 2170 g/mol. The van der Waals surface area contributed by atoms with Crippen LogP contribution in [0.3, 0.4) is 0 Å². The molecule has 3 aromatic carbocycles. The smallest absolute Gasteiger partial charge is 0.418 e. The van der Waals surface area contributed by atoms with E-state index in [4.69, 9.17) is 13.3 Å². The van der Waals surface area contributed by atoms with Gasteiger partial charge in [-0.25, -0.2) is 57.2 Å². The van der Waals surface area contributed by atoms with Gasteiger partial charge in [-0.3, -0.25) is 0 Å². The number of nitrogens with one attached hydrogen (secondary N) is 5. The molecule has 0 spiro atoms. The number of furan rings is 1. The van der Waals surface area contributed by atoms with E-state index in [0.717, 1.165) is 173 Å². The van der Waals surface area contributed by atoms with Gasteiger partial charge in [0, 0.05) is 214 Å². The second kappa shape index (κ2) is 37.9.